The van der Waals surface area contributed by atoms with E-state index >= 15 is 0 Å². The SMILES string of the molecule is CNC(=O)CSCC(C)C. The van der Waals surface area contributed by atoms with E-state index in [4.69, 9.17) is 0 Å². The van der Waals surface area contributed by atoms with E-state index in [9.17, 15) is 4.79 Å². The van der Waals surface area contributed by atoms with Crippen LogP contribution in [0.1, 0.15) is 13.8 Å². The minimum atomic E-state index is 0.116. The van der Waals surface area contributed by atoms with Crippen LogP contribution < -0.4 is 5.32 Å². The maximum Gasteiger partial charge on any atom is 0.229 e. The first-order chi connectivity index (χ1) is 4.66. The van der Waals surface area contributed by atoms with Crippen LogP contribution in [0.4, 0.5) is 0 Å². The van der Waals surface area contributed by atoms with Crippen molar-refractivity contribution < 1.29 is 4.79 Å². The Hall–Kier alpha value is -0.180. The van der Waals surface area contributed by atoms with Gasteiger partial charge in [0.05, 0.1) is 5.75 Å². The molecule has 1 amide bonds. The Labute approximate surface area is 66.8 Å². The van der Waals surface area contributed by atoms with E-state index in [1.54, 1.807) is 18.8 Å². The molecule has 0 bridgehead atoms. The highest BCUT2D eigenvalue weighted by molar-refractivity contribution is 7.99. The second kappa shape index (κ2) is 5.59. The van der Waals surface area contributed by atoms with Crippen molar-refractivity contribution in [3.05, 3.63) is 0 Å². The van der Waals surface area contributed by atoms with Crippen LogP contribution in [0.25, 0.3) is 0 Å². The summed E-state index contributed by atoms with van der Waals surface area (Å²) in [6, 6.07) is 0. The van der Waals surface area contributed by atoms with E-state index < -0.39 is 0 Å². The van der Waals surface area contributed by atoms with E-state index in [0.717, 1.165) is 5.75 Å². The fourth-order valence-corrected chi connectivity index (χ4v) is 1.38. The fourth-order valence-electron chi connectivity index (χ4n) is 0.459. The second-order valence-corrected chi connectivity index (χ2v) is 3.61. The van der Waals surface area contributed by atoms with Crippen molar-refractivity contribution in [2.24, 2.45) is 5.92 Å². The smallest absolute Gasteiger partial charge is 0.229 e. The maximum absolute atomic E-state index is 10.7. The normalized spacial score (nSPS) is 10.0. The summed E-state index contributed by atoms with van der Waals surface area (Å²) in [5, 5.41) is 2.58. The number of nitrogens with one attached hydrogen (secondary N) is 1. The van der Waals surface area contributed by atoms with Gasteiger partial charge in [0.2, 0.25) is 5.91 Å². The van der Waals surface area contributed by atoms with Crippen LogP contribution >= 0.6 is 11.8 Å². The molecule has 0 rings (SSSR count). The van der Waals surface area contributed by atoms with E-state index in [0.29, 0.717) is 11.7 Å². The third-order valence-corrected chi connectivity index (χ3v) is 2.33. The lowest BCUT2D eigenvalue weighted by molar-refractivity contribution is -0.118. The first-order valence-electron chi connectivity index (χ1n) is 3.45. The minimum Gasteiger partial charge on any atom is -0.358 e. The van der Waals surface area contributed by atoms with Crippen LogP contribution in [-0.4, -0.2) is 24.5 Å². The van der Waals surface area contributed by atoms with Gasteiger partial charge in [0.25, 0.3) is 0 Å². The first-order valence-corrected chi connectivity index (χ1v) is 4.60. The van der Waals surface area contributed by atoms with E-state index in [1.807, 2.05) is 0 Å². The molecule has 0 aliphatic rings. The number of carbonyl (C=O) groups is 1. The Kier molecular flexibility index (Phi) is 5.49. The van der Waals surface area contributed by atoms with Crippen LogP contribution in [0.3, 0.4) is 0 Å². The molecule has 60 valence electrons. The summed E-state index contributed by atoms with van der Waals surface area (Å²) in [5.41, 5.74) is 0. The zero-order valence-electron chi connectivity index (χ0n) is 6.81. The quantitative estimate of drug-likeness (QED) is 0.669. The van der Waals surface area contributed by atoms with Crippen LogP contribution in [-0.2, 0) is 4.79 Å². The van der Waals surface area contributed by atoms with Gasteiger partial charge in [0.15, 0.2) is 0 Å². The first kappa shape index (κ1) is 9.82. The molecule has 0 spiro atoms. The number of hydrogen-bond donors (Lipinski definition) is 1. The molecule has 0 aromatic rings. The lowest BCUT2D eigenvalue weighted by Crippen LogP contribution is -2.20. The number of thioether (sulfide) groups is 1. The monoisotopic (exact) mass is 161 g/mol. The Morgan fingerprint density at radius 2 is 2.20 bits per heavy atom. The average Bonchev–Trinajstić information content (AvgIpc) is 1.87. The highest BCUT2D eigenvalue weighted by Gasteiger charge is 1.98. The van der Waals surface area contributed by atoms with Crippen molar-refractivity contribution in [2.45, 2.75) is 13.8 Å². The standard InChI is InChI=1S/C7H15NOS/c1-6(2)4-10-5-7(9)8-3/h6H,4-5H2,1-3H3,(H,8,9). The van der Waals surface area contributed by atoms with Crippen LogP contribution in [0.5, 0.6) is 0 Å². The molecule has 0 aromatic carbocycles. The molecule has 3 heteroatoms. The van der Waals surface area contributed by atoms with E-state index in [-0.39, 0.29) is 5.91 Å². The molecule has 0 aliphatic carbocycles. The zero-order valence-corrected chi connectivity index (χ0v) is 7.62. The number of carbonyl (C=O) groups excluding carboxylic acids is 1. The van der Waals surface area contributed by atoms with Gasteiger partial charge in [-0.15, -0.1) is 0 Å². The van der Waals surface area contributed by atoms with Crippen LogP contribution in [0.2, 0.25) is 0 Å². The summed E-state index contributed by atoms with van der Waals surface area (Å²) in [4.78, 5) is 10.7. The summed E-state index contributed by atoms with van der Waals surface area (Å²) in [6.07, 6.45) is 0. The van der Waals surface area contributed by atoms with E-state index in [1.165, 1.54) is 0 Å². The molecule has 0 fully saturated rings. The van der Waals surface area contributed by atoms with Crippen molar-refractivity contribution in [3.8, 4) is 0 Å². The molecule has 0 atom stereocenters. The molecular formula is C7H15NOS. The molecule has 1 N–H and O–H groups in total. The number of amides is 1. The molecular weight excluding hydrogens is 146 g/mol. The van der Waals surface area contributed by atoms with Gasteiger partial charge in [-0.2, -0.15) is 11.8 Å². The van der Waals surface area contributed by atoms with Gasteiger partial charge in [-0.1, -0.05) is 13.8 Å². The molecule has 0 heterocycles. The molecule has 0 aromatic heterocycles. The second-order valence-electron chi connectivity index (χ2n) is 2.58. The molecule has 0 unspecified atom stereocenters. The molecule has 0 saturated heterocycles. The molecule has 0 aliphatic heterocycles. The van der Waals surface area contributed by atoms with Crippen molar-refractivity contribution in [2.75, 3.05) is 18.6 Å². The third-order valence-electron chi connectivity index (χ3n) is 0.963. The van der Waals surface area contributed by atoms with Gasteiger partial charge >= 0.3 is 0 Å². The lowest BCUT2D eigenvalue weighted by atomic mass is 10.3. The van der Waals surface area contributed by atoms with Gasteiger partial charge in [-0.05, 0) is 11.7 Å². The molecule has 0 radical (unpaired) electrons. The Morgan fingerprint density at radius 1 is 1.60 bits per heavy atom. The Bertz CT molecular complexity index is 104. The predicted octanol–water partition coefficient (Wildman–Crippen LogP) is 1.12. The van der Waals surface area contributed by atoms with Crippen molar-refractivity contribution in [3.63, 3.8) is 0 Å². The van der Waals surface area contributed by atoms with Gasteiger partial charge in [0, 0.05) is 7.05 Å². The van der Waals surface area contributed by atoms with Crippen LogP contribution in [0.15, 0.2) is 0 Å². The largest absolute Gasteiger partial charge is 0.358 e. The van der Waals surface area contributed by atoms with Gasteiger partial charge in [-0.3, -0.25) is 4.79 Å². The highest BCUT2D eigenvalue weighted by Crippen LogP contribution is 2.05. The minimum absolute atomic E-state index is 0.116. The zero-order chi connectivity index (χ0) is 7.98. The van der Waals surface area contributed by atoms with Gasteiger partial charge in [-0.25, -0.2) is 0 Å². The topological polar surface area (TPSA) is 29.1 Å². The summed E-state index contributed by atoms with van der Waals surface area (Å²) in [5.74, 6) is 2.45. The van der Waals surface area contributed by atoms with Gasteiger partial charge in [0.1, 0.15) is 0 Å². The summed E-state index contributed by atoms with van der Waals surface area (Å²) in [7, 11) is 1.66. The summed E-state index contributed by atoms with van der Waals surface area (Å²) >= 11 is 1.68. The summed E-state index contributed by atoms with van der Waals surface area (Å²) in [6.45, 7) is 4.30. The van der Waals surface area contributed by atoms with Crippen molar-refractivity contribution in [1.29, 1.82) is 0 Å². The van der Waals surface area contributed by atoms with E-state index in [2.05, 4.69) is 19.2 Å². The predicted molar refractivity (Wildman–Crippen MR) is 46.2 cm³/mol. The number of rotatable bonds is 4. The Morgan fingerprint density at radius 3 is 2.60 bits per heavy atom. The molecule has 0 saturated carbocycles. The van der Waals surface area contributed by atoms with Gasteiger partial charge < -0.3 is 5.32 Å². The molecule has 10 heavy (non-hydrogen) atoms. The Balaban J connectivity index is 3.12. The maximum atomic E-state index is 10.7. The number of hydrogen-bond acceptors (Lipinski definition) is 2. The van der Waals surface area contributed by atoms with Crippen LogP contribution in [0, 0.1) is 5.92 Å². The van der Waals surface area contributed by atoms with Crippen molar-refractivity contribution in [1.82, 2.24) is 5.32 Å². The fraction of sp³-hybridized carbons (Fsp3) is 0.857. The lowest BCUT2D eigenvalue weighted by Gasteiger charge is -2.02. The van der Waals surface area contributed by atoms with Crippen molar-refractivity contribution >= 4 is 17.7 Å². The summed E-state index contributed by atoms with van der Waals surface area (Å²) < 4.78 is 0. The third kappa shape index (κ3) is 5.95. The molecule has 2 nitrogen and oxygen atoms in total. The highest BCUT2D eigenvalue weighted by atomic mass is 32.2. The average molecular weight is 161 g/mol.